The zero-order chi connectivity index (χ0) is 18.5. The van der Waals surface area contributed by atoms with E-state index in [4.69, 9.17) is 5.11 Å². The molecule has 0 saturated heterocycles. The smallest absolute Gasteiger partial charge is 0.251 e. The Hall–Kier alpha value is -1.48. The highest BCUT2D eigenvalue weighted by Gasteiger charge is 2.24. The van der Waals surface area contributed by atoms with Crippen molar-refractivity contribution in [1.29, 1.82) is 0 Å². The quantitative estimate of drug-likeness (QED) is 0.482. The van der Waals surface area contributed by atoms with Crippen molar-refractivity contribution in [1.82, 2.24) is 10.0 Å². The minimum Gasteiger partial charge on any atom is -0.396 e. The third-order valence-electron chi connectivity index (χ3n) is 4.19. The average Bonchev–Trinajstić information content (AvgIpc) is 3.41. The number of aliphatic hydroxyl groups is 2. The first-order chi connectivity index (χ1) is 11.7. The van der Waals surface area contributed by atoms with E-state index in [9.17, 15) is 18.3 Å². The summed E-state index contributed by atoms with van der Waals surface area (Å²) in [5.41, 5.74) is -0.826. The summed E-state index contributed by atoms with van der Waals surface area (Å²) in [5, 5.41) is 21.7. The molecular formula is C17H26N2O5S. The molecule has 140 valence electrons. The predicted molar refractivity (Wildman–Crippen MR) is 93.6 cm³/mol. The molecule has 1 saturated carbocycles. The van der Waals surface area contributed by atoms with Gasteiger partial charge in [0, 0.05) is 25.3 Å². The normalized spacial score (nSPS) is 17.1. The van der Waals surface area contributed by atoms with Crippen molar-refractivity contribution in [2.45, 2.75) is 43.1 Å². The van der Waals surface area contributed by atoms with Crippen LogP contribution in [0.5, 0.6) is 0 Å². The Balaban J connectivity index is 1.93. The number of sulfonamides is 1. The van der Waals surface area contributed by atoms with Gasteiger partial charge in [0.2, 0.25) is 10.0 Å². The molecule has 0 heterocycles. The second-order valence-electron chi connectivity index (χ2n) is 6.83. The number of hydrogen-bond donors (Lipinski definition) is 4. The summed E-state index contributed by atoms with van der Waals surface area (Å²) in [6.07, 6.45) is 2.96. The van der Waals surface area contributed by atoms with Crippen LogP contribution >= 0.6 is 0 Å². The molecule has 0 radical (unpaired) electrons. The van der Waals surface area contributed by atoms with Gasteiger partial charge in [-0.3, -0.25) is 4.79 Å². The number of rotatable bonds is 10. The molecule has 0 aliphatic heterocycles. The lowest BCUT2D eigenvalue weighted by Crippen LogP contribution is -2.40. The van der Waals surface area contributed by atoms with Crippen molar-refractivity contribution in [2.24, 2.45) is 5.92 Å². The van der Waals surface area contributed by atoms with Gasteiger partial charge in [0.25, 0.3) is 5.91 Å². The number of benzene rings is 1. The molecule has 0 spiro atoms. The summed E-state index contributed by atoms with van der Waals surface area (Å²) in [4.78, 5) is 12.0. The lowest BCUT2D eigenvalue weighted by atomic mass is 10.0. The van der Waals surface area contributed by atoms with Crippen LogP contribution in [0, 0.1) is 5.92 Å². The van der Waals surface area contributed by atoms with Crippen molar-refractivity contribution in [3.05, 3.63) is 29.8 Å². The molecule has 1 aliphatic rings. The molecule has 1 fully saturated rings. The molecule has 25 heavy (non-hydrogen) atoms. The Morgan fingerprint density at radius 1 is 1.28 bits per heavy atom. The van der Waals surface area contributed by atoms with E-state index >= 15 is 0 Å². The van der Waals surface area contributed by atoms with Crippen molar-refractivity contribution in [2.75, 3.05) is 19.7 Å². The van der Waals surface area contributed by atoms with E-state index in [0.29, 0.717) is 24.4 Å². The van der Waals surface area contributed by atoms with E-state index < -0.39 is 15.6 Å². The summed E-state index contributed by atoms with van der Waals surface area (Å²) < 4.78 is 26.9. The van der Waals surface area contributed by atoms with E-state index in [0.717, 1.165) is 12.8 Å². The number of amides is 1. The fraction of sp³-hybridized carbons (Fsp3) is 0.588. The summed E-state index contributed by atoms with van der Waals surface area (Å²) in [6.45, 7) is 1.95. The lowest BCUT2D eigenvalue weighted by Gasteiger charge is -2.23. The minimum absolute atomic E-state index is 0.0317. The van der Waals surface area contributed by atoms with Gasteiger partial charge in [0.1, 0.15) is 0 Å². The van der Waals surface area contributed by atoms with Crippen molar-refractivity contribution in [3.8, 4) is 0 Å². The Morgan fingerprint density at radius 3 is 2.48 bits per heavy atom. The number of carbonyl (C=O) groups excluding carboxylic acids is 1. The minimum atomic E-state index is -3.78. The van der Waals surface area contributed by atoms with Gasteiger partial charge in [0.05, 0.1) is 10.5 Å². The van der Waals surface area contributed by atoms with Crippen LogP contribution in [0.3, 0.4) is 0 Å². The highest BCUT2D eigenvalue weighted by molar-refractivity contribution is 7.89. The summed E-state index contributed by atoms with van der Waals surface area (Å²) in [5.74, 6) is 0.363. The van der Waals surface area contributed by atoms with E-state index in [-0.39, 0.29) is 30.4 Å². The molecule has 1 aromatic carbocycles. The topological polar surface area (TPSA) is 116 Å². The molecule has 1 atom stereocenters. The molecule has 1 aliphatic carbocycles. The fourth-order valence-corrected chi connectivity index (χ4v) is 3.49. The maximum atomic E-state index is 12.3. The summed E-state index contributed by atoms with van der Waals surface area (Å²) >= 11 is 0. The van der Waals surface area contributed by atoms with Crippen LogP contribution in [0.15, 0.2) is 29.2 Å². The summed E-state index contributed by atoms with van der Waals surface area (Å²) in [7, 11) is -3.78. The number of hydrogen-bond acceptors (Lipinski definition) is 5. The Labute approximate surface area is 148 Å². The molecule has 4 N–H and O–H groups in total. The van der Waals surface area contributed by atoms with Crippen molar-refractivity contribution in [3.63, 3.8) is 0 Å². The fourth-order valence-electron chi connectivity index (χ4n) is 2.33. The molecular weight excluding hydrogens is 344 g/mol. The number of carbonyl (C=O) groups is 1. The van der Waals surface area contributed by atoms with Gasteiger partial charge in [-0.15, -0.1) is 0 Å². The second-order valence-corrected chi connectivity index (χ2v) is 8.59. The van der Waals surface area contributed by atoms with Crippen LogP contribution in [0.1, 0.15) is 43.0 Å². The Morgan fingerprint density at radius 2 is 1.92 bits per heavy atom. The molecule has 0 bridgehead atoms. The van der Waals surface area contributed by atoms with Gasteiger partial charge in [-0.05, 0) is 62.8 Å². The monoisotopic (exact) mass is 370 g/mol. The van der Waals surface area contributed by atoms with Gasteiger partial charge in [0.15, 0.2) is 0 Å². The van der Waals surface area contributed by atoms with Gasteiger partial charge in [-0.1, -0.05) is 0 Å². The third kappa shape index (κ3) is 6.39. The molecule has 0 unspecified atom stereocenters. The zero-order valence-electron chi connectivity index (χ0n) is 14.4. The Bertz CT molecular complexity index is 681. The van der Waals surface area contributed by atoms with Gasteiger partial charge < -0.3 is 15.5 Å². The van der Waals surface area contributed by atoms with E-state index in [1.807, 2.05) is 0 Å². The van der Waals surface area contributed by atoms with Crippen molar-refractivity contribution >= 4 is 15.9 Å². The highest BCUT2D eigenvalue weighted by atomic mass is 32.2. The predicted octanol–water partition coefficient (Wildman–Crippen LogP) is 0.628. The standard InChI is InChI=1S/C17H26N2O5S/c1-17(22,9-2-10-20)12-19-25(23,24)15-7-5-14(6-8-15)16(21)18-11-13-3-4-13/h5-8,13,19-20,22H,2-4,9-12H2,1H3,(H,18,21)/t17-/m1/s1. The van der Waals surface area contributed by atoms with Crippen LogP contribution in [0.2, 0.25) is 0 Å². The Kier molecular flexibility index (Phi) is 6.56. The number of nitrogens with one attached hydrogen (secondary N) is 2. The molecule has 0 aromatic heterocycles. The van der Waals surface area contributed by atoms with E-state index in [1.54, 1.807) is 0 Å². The maximum absolute atomic E-state index is 12.3. The van der Waals surface area contributed by atoms with Crippen LogP contribution in [0.4, 0.5) is 0 Å². The second kappa shape index (κ2) is 8.27. The highest BCUT2D eigenvalue weighted by Crippen LogP contribution is 2.27. The summed E-state index contributed by atoms with van der Waals surface area (Å²) in [6, 6.07) is 5.69. The zero-order valence-corrected chi connectivity index (χ0v) is 15.2. The van der Waals surface area contributed by atoms with Crippen LogP contribution < -0.4 is 10.0 Å². The van der Waals surface area contributed by atoms with E-state index in [1.165, 1.54) is 31.2 Å². The first-order valence-electron chi connectivity index (χ1n) is 8.45. The maximum Gasteiger partial charge on any atom is 0.251 e. The van der Waals surface area contributed by atoms with E-state index in [2.05, 4.69) is 10.0 Å². The van der Waals surface area contributed by atoms with Gasteiger partial charge in [-0.25, -0.2) is 13.1 Å². The van der Waals surface area contributed by atoms with Gasteiger partial charge in [-0.2, -0.15) is 0 Å². The van der Waals surface area contributed by atoms with Crippen LogP contribution in [-0.4, -0.2) is 49.8 Å². The third-order valence-corrected chi connectivity index (χ3v) is 5.61. The van der Waals surface area contributed by atoms with Crippen molar-refractivity contribution < 1.29 is 23.4 Å². The average molecular weight is 370 g/mol. The van der Waals surface area contributed by atoms with Gasteiger partial charge >= 0.3 is 0 Å². The van der Waals surface area contributed by atoms with Crippen LogP contribution in [0.25, 0.3) is 0 Å². The molecule has 7 nitrogen and oxygen atoms in total. The number of aliphatic hydroxyl groups excluding tert-OH is 1. The largest absolute Gasteiger partial charge is 0.396 e. The van der Waals surface area contributed by atoms with Crippen LogP contribution in [-0.2, 0) is 10.0 Å². The lowest BCUT2D eigenvalue weighted by molar-refractivity contribution is 0.0488. The molecule has 2 rings (SSSR count). The molecule has 8 heteroatoms. The molecule has 1 amide bonds. The first kappa shape index (κ1) is 19.8. The first-order valence-corrected chi connectivity index (χ1v) is 9.93. The SMILES string of the molecule is C[C@@](O)(CCCO)CNS(=O)(=O)c1ccc(C(=O)NCC2CC2)cc1. The molecule has 1 aromatic rings.